The molecule has 168 valence electrons. The van der Waals surface area contributed by atoms with Crippen LogP contribution in [0.15, 0.2) is 77.7 Å². The number of alkyl halides is 3. The Labute approximate surface area is 185 Å². The lowest BCUT2D eigenvalue weighted by molar-refractivity contribution is -0.154. The van der Waals surface area contributed by atoms with Crippen molar-refractivity contribution in [1.82, 2.24) is 14.8 Å². The quantitative estimate of drug-likeness (QED) is 0.475. The number of aromatic nitrogens is 3. The number of ether oxygens (including phenoxy) is 1. The Kier molecular flexibility index (Phi) is 6.07. The number of benzene rings is 2. The highest BCUT2D eigenvalue weighted by molar-refractivity contribution is 6.11. The van der Waals surface area contributed by atoms with Gasteiger partial charge in [0.1, 0.15) is 0 Å². The molecule has 0 aliphatic heterocycles. The topological polar surface area (TPSA) is 86.1 Å². The third-order valence-corrected chi connectivity index (χ3v) is 4.64. The number of halogens is 3. The zero-order chi connectivity index (χ0) is 23.4. The normalized spacial score (nSPS) is 11.4. The van der Waals surface area contributed by atoms with E-state index in [9.17, 15) is 22.8 Å². The van der Waals surface area contributed by atoms with Gasteiger partial charge in [-0.15, -0.1) is 0 Å². The van der Waals surface area contributed by atoms with Crippen LogP contribution in [-0.2, 0) is 6.54 Å². The molecule has 0 bridgehead atoms. The van der Waals surface area contributed by atoms with Gasteiger partial charge in [0, 0.05) is 11.5 Å². The predicted octanol–water partition coefficient (Wildman–Crippen LogP) is 4.03. The SMILES string of the molecule is O=C(Nc1ccc(OCC(F)(F)F)nc1)c1nn(Cc2ccccc2)c(=O)c2ccccc12. The van der Waals surface area contributed by atoms with Gasteiger partial charge < -0.3 is 10.1 Å². The van der Waals surface area contributed by atoms with Crippen LogP contribution in [-0.4, -0.2) is 33.5 Å². The second-order valence-electron chi connectivity index (χ2n) is 7.09. The van der Waals surface area contributed by atoms with Gasteiger partial charge in [0.25, 0.3) is 11.5 Å². The molecule has 0 aliphatic carbocycles. The van der Waals surface area contributed by atoms with Crippen molar-refractivity contribution in [3.63, 3.8) is 0 Å². The zero-order valence-corrected chi connectivity index (χ0v) is 17.0. The molecule has 4 rings (SSSR count). The van der Waals surface area contributed by atoms with Crippen LogP contribution in [0.25, 0.3) is 10.8 Å². The van der Waals surface area contributed by atoms with E-state index in [1.54, 1.807) is 24.3 Å². The summed E-state index contributed by atoms with van der Waals surface area (Å²) in [5, 5.41) is 7.60. The number of fused-ring (bicyclic) bond motifs is 1. The number of carbonyl (C=O) groups is 1. The van der Waals surface area contributed by atoms with Crippen LogP contribution >= 0.6 is 0 Å². The molecule has 0 atom stereocenters. The molecule has 33 heavy (non-hydrogen) atoms. The highest BCUT2D eigenvalue weighted by Gasteiger charge is 2.28. The van der Waals surface area contributed by atoms with Crippen LogP contribution < -0.4 is 15.6 Å². The minimum absolute atomic E-state index is 0.0264. The van der Waals surface area contributed by atoms with E-state index >= 15 is 0 Å². The van der Waals surface area contributed by atoms with Crippen LogP contribution in [0.5, 0.6) is 5.88 Å². The molecule has 2 aromatic heterocycles. The van der Waals surface area contributed by atoms with Crippen LogP contribution in [0.2, 0.25) is 0 Å². The first-order chi connectivity index (χ1) is 15.8. The molecule has 10 heteroatoms. The summed E-state index contributed by atoms with van der Waals surface area (Å²) < 4.78 is 42.6. The van der Waals surface area contributed by atoms with Crippen molar-refractivity contribution in [2.24, 2.45) is 0 Å². The molecule has 0 saturated heterocycles. The second-order valence-corrected chi connectivity index (χ2v) is 7.09. The minimum atomic E-state index is -4.48. The molecular formula is C23H17F3N4O3. The predicted molar refractivity (Wildman–Crippen MR) is 115 cm³/mol. The highest BCUT2D eigenvalue weighted by atomic mass is 19.4. The summed E-state index contributed by atoms with van der Waals surface area (Å²) in [5.74, 6) is -0.830. The number of rotatable bonds is 6. The van der Waals surface area contributed by atoms with E-state index in [0.717, 1.165) is 5.56 Å². The van der Waals surface area contributed by atoms with E-state index in [2.05, 4.69) is 20.1 Å². The van der Waals surface area contributed by atoms with Gasteiger partial charge in [-0.25, -0.2) is 9.67 Å². The second kappa shape index (κ2) is 9.11. The van der Waals surface area contributed by atoms with Crippen LogP contribution in [0.1, 0.15) is 16.1 Å². The molecule has 0 saturated carbocycles. The smallest absolute Gasteiger partial charge is 0.422 e. The summed E-state index contributed by atoms with van der Waals surface area (Å²) in [7, 11) is 0. The molecule has 0 unspecified atom stereocenters. The third-order valence-electron chi connectivity index (χ3n) is 4.64. The third kappa shape index (κ3) is 5.35. The van der Waals surface area contributed by atoms with E-state index in [-0.39, 0.29) is 29.4 Å². The van der Waals surface area contributed by atoms with Gasteiger partial charge in [-0.3, -0.25) is 9.59 Å². The number of carbonyl (C=O) groups excluding carboxylic acids is 1. The zero-order valence-electron chi connectivity index (χ0n) is 17.0. The Morgan fingerprint density at radius 1 is 0.970 bits per heavy atom. The lowest BCUT2D eigenvalue weighted by Gasteiger charge is -2.12. The molecular weight excluding hydrogens is 437 g/mol. The molecule has 4 aromatic rings. The van der Waals surface area contributed by atoms with Crippen LogP contribution in [0.4, 0.5) is 18.9 Å². The lowest BCUT2D eigenvalue weighted by atomic mass is 10.1. The van der Waals surface area contributed by atoms with E-state index in [1.807, 2.05) is 30.3 Å². The van der Waals surface area contributed by atoms with Gasteiger partial charge in [0.15, 0.2) is 12.3 Å². The van der Waals surface area contributed by atoms with Gasteiger partial charge >= 0.3 is 6.18 Å². The summed E-state index contributed by atoms with van der Waals surface area (Å²) in [6.07, 6.45) is -3.31. The van der Waals surface area contributed by atoms with Gasteiger partial charge in [-0.2, -0.15) is 18.3 Å². The number of hydrogen-bond acceptors (Lipinski definition) is 5. The molecule has 2 heterocycles. The first-order valence-corrected chi connectivity index (χ1v) is 9.81. The number of anilines is 1. The molecule has 0 fully saturated rings. The fraction of sp³-hybridized carbons (Fsp3) is 0.130. The van der Waals surface area contributed by atoms with Crippen molar-refractivity contribution in [2.45, 2.75) is 12.7 Å². The average Bonchev–Trinajstić information content (AvgIpc) is 2.80. The molecule has 2 aromatic carbocycles. The van der Waals surface area contributed by atoms with Crippen molar-refractivity contribution >= 4 is 22.4 Å². The molecule has 7 nitrogen and oxygen atoms in total. The van der Waals surface area contributed by atoms with Crippen molar-refractivity contribution < 1.29 is 22.7 Å². The van der Waals surface area contributed by atoms with Gasteiger partial charge in [0.05, 0.1) is 23.8 Å². The number of amides is 1. The fourth-order valence-electron chi connectivity index (χ4n) is 3.15. The Morgan fingerprint density at radius 2 is 1.67 bits per heavy atom. The average molecular weight is 454 g/mol. The molecule has 1 N–H and O–H groups in total. The van der Waals surface area contributed by atoms with Gasteiger partial charge in [-0.05, 0) is 17.7 Å². The lowest BCUT2D eigenvalue weighted by Crippen LogP contribution is -2.28. The van der Waals surface area contributed by atoms with Gasteiger partial charge in [0.2, 0.25) is 5.88 Å². The van der Waals surface area contributed by atoms with E-state index in [1.165, 1.54) is 23.0 Å². The van der Waals surface area contributed by atoms with Crippen molar-refractivity contribution in [3.8, 4) is 5.88 Å². The van der Waals surface area contributed by atoms with E-state index < -0.39 is 18.7 Å². The summed E-state index contributed by atoms with van der Waals surface area (Å²) >= 11 is 0. The maximum atomic E-state index is 13.0. The number of hydrogen-bond donors (Lipinski definition) is 1. The first kappa shape index (κ1) is 22.0. The Balaban J connectivity index is 1.61. The summed E-state index contributed by atoms with van der Waals surface area (Å²) in [6, 6.07) is 18.4. The molecule has 0 spiro atoms. The maximum Gasteiger partial charge on any atom is 0.422 e. The summed E-state index contributed by atoms with van der Waals surface area (Å²) in [5.41, 5.74) is 0.760. The van der Waals surface area contributed by atoms with E-state index in [4.69, 9.17) is 0 Å². The molecule has 0 aliphatic rings. The fourth-order valence-corrected chi connectivity index (χ4v) is 3.15. The Bertz CT molecular complexity index is 1340. The van der Waals surface area contributed by atoms with Crippen molar-refractivity contribution in [2.75, 3.05) is 11.9 Å². The van der Waals surface area contributed by atoms with Crippen molar-refractivity contribution in [1.29, 1.82) is 0 Å². The Morgan fingerprint density at radius 3 is 2.33 bits per heavy atom. The summed E-state index contributed by atoms with van der Waals surface area (Å²) in [4.78, 5) is 29.7. The number of nitrogens with one attached hydrogen (secondary N) is 1. The highest BCUT2D eigenvalue weighted by Crippen LogP contribution is 2.19. The number of pyridine rings is 1. The molecule has 0 radical (unpaired) electrons. The minimum Gasteiger partial charge on any atom is -0.468 e. The summed E-state index contributed by atoms with van der Waals surface area (Å²) in [6.45, 7) is -1.29. The van der Waals surface area contributed by atoms with Crippen molar-refractivity contribution in [3.05, 3.63) is 94.5 Å². The standard InChI is InChI=1S/C23H17F3N4O3/c24-23(25,26)14-33-19-11-10-16(12-27-19)28-21(31)20-17-8-4-5-9-18(17)22(32)30(29-20)13-15-6-2-1-3-7-15/h1-12H,13-14H2,(H,28,31). The largest absolute Gasteiger partial charge is 0.468 e. The number of nitrogens with zero attached hydrogens (tertiary/aromatic N) is 3. The van der Waals surface area contributed by atoms with Crippen LogP contribution in [0.3, 0.4) is 0 Å². The molecule has 1 amide bonds. The monoisotopic (exact) mass is 454 g/mol. The van der Waals surface area contributed by atoms with Gasteiger partial charge in [-0.1, -0.05) is 48.5 Å². The Hall–Kier alpha value is -4.21. The van der Waals surface area contributed by atoms with Crippen LogP contribution in [0, 0.1) is 0 Å². The first-order valence-electron chi connectivity index (χ1n) is 9.81. The maximum absolute atomic E-state index is 13.0. The van der Waals surface area contributed by atoms with E-state index in [0.29, 0.717) is 10.8 Å².